The van der Waals surface area contributed by atoms with Crippen LogP contribution in [0.25, 0.3) is 11.1 Å². The van der Waals surface area contributed by atoms with Gasteiger partial charge in [-0.05, 0) is 54.4 Å². The van der Waals surface area contributed by atoms with Gasteiger partial charge < -0.3 is 66.9 Å². The maximum atomic E-state index is 14.5. The number of primary amides is 2. The van der Waals surface area contributed by atoms with Crippen LogP contribution in [0.5, 0.6) is 0 Å². The number of ether oxygens (including phenoxy) is 6. The van der Waals surface area contributed by atoms with Crippen LogP contribution in [0, 0.1) is 10.8 Å². The first-order chi connectivity index (χ1) is 35.7. The molecule has 5 rings (SSSR count). The summed E-state index contributed by atoms with van der Waals surface area (Å²) in [5, 5.41) is 12.2. The predicted molar refractivity (Wildman–Crippen MR) is 278 cm³/mol. The summed E-state index contributed by atoms with van der Waals surface area (Å²) in [6.07, 6.45) is 1.53. The number of allylic oxidation sites excluding steroid dienone is 2. The summed E-state index contributed by atoms with van der Waals surface area (Å²) in [5.74, 6) is -6.54. The van der Waals surface area contributed by atoms with E-state index in [1.54, 1.807) is 72.9 Å². The van der Waals surface area contributed by atoms with Crippen molar-refractivity contribution in [1.29, 1.82) is 0 Å². The number of nitrogens with two attached hydrogens (primary N) is 3. The lowest BCUT2D eigenvalue weighted by atomic mass is 9.97. The van der Waals surface area contributed by atoms with Crippen LogP contribution < -0.4 is 38.5 Å². The third kappa shape index (κ3) is 15.5. The molecule has 1 unspecified atom stereocenters. The van der Waals surface area contributed by atoms with E-state index in [0.717, 1.165) is 51.1 Å². The molecule has 0 spiro atoms. The van der Waals surface area contributed by atoms with Crippen molar-refractivity contribution in [3.63, 3.8) is 0 Å². The van der Waals surface area contributed by atoms with Gasteiger partial charge in [0, 0.05) is 33.4 Å². The van der Waals surface area contributed by atoms with Gasteiger partial charge in [-0.15, -0.1) is 46.2 Å². The first kappa shape index (κ1) is 59.7. The minimum absolute atomic E-state index is 0.0103. The molecule has 1 fully saturated rings. The molecule has 0 radical (unpaired) electrons. The van der Waals surface area contributed by atoms with E-state index < -0.39 is 120 Å². The van der Waals surface area contributed by atoms with Gasteiger partial charge in [-0.3, -0.25) is 33.7 Å². The molecule has 5 heterocycles. The molecule has 3 aliphatic rings. The Hall–Kier alpha value is -7.18. The number of aromatic nitrogens is 2. The number of carbonyl (C=O) groups excluding carboxylic acids is 10. The number of rotatable bonds is 21. The Balaban J connectivity index is 1.37. The fourth-order valence-electron chi connectivity index (χ4n) is 6.79. The van der Waals surface area contributed by atoms with Crippen LogP contribution in [0.4, 0.5) is 19.9 Å². The van der Waals surface area contributed by atoms with Crippen molar-refractivity contribution in [1.82, 2.24) is 30.8 Å². The van der Waals surface area contributed by atoms with Crippen LogP contribution in [0.3, 0.4) is 0 Å². The summed E-state index contributed by atoms with van der Waals surface area (Å²) in [5.41, 5.74) is 14.6. The van der Waals surface area contributed by atoms with Gasteiger partial charge in [0.1, 0.15) is 47.4 Å². The van der Waals surface area contributed by atoms with E-state index in [1.165, 1.54) is 5.38 Å². The smallest absolute Gasteiger partial charge is 0.404 e. The van der Waals surface area contributed by atoms with E-state index in [2.05, 4.69) is 31.2 Å². The number of nitrogens with one attached hydrogen (secondary N) is 4. The van der Waals surface area contributed by atoms with Gasteiger partial charge in [0.05, 0.1) is 33.4 Å². The van der Waals surface area contributed by atoms with Crippen LogP contribution >= 0.6 is 46.2 Å². The summed E-state index contributed by atoms with van der Waals surface area (Å²) in [4.78, 5) is 141. The van der Waals surface area contributed by atoms with Gasteiger partial charge in [0.15, 0.2) is 10.3 Å². The highest BCUT2D eigenvalue weighted by Crippen LogP contribution is 2.41. The molecule has 0 aliphatic carbocycles. The fourth-order valence-corrected chi connectivity index (χ4v) is 10.6. The highest BCUT2D eigenvalue weighted by molar-refractivity contribution is 8.00. The molecule has 30 heteroatoms. The quantitative estimate of drug-likeness (QED) is 0.0311. The number of nitrogen functional groups attached to an aromatic ring is 1. The largest absolute Gasteiger partial charge is 0.445 e. The molecular formula is C46H58N10O16S4. The third-order valence-corrected chi connectivity index (χ3v) is 14.6. The number of esters is 4. The Morgan fingerprint density at radius 2 is 1.29 bits per heavy atom. The van der Waals surface area contributed by atoms with Crippen LogP contribution in [0.1, 0.15) is 79.6 Å². The standard InChI is InChI=1S/C46H58N10O16S4/c1-9-11-23(25-17-75-41(47)50-25)31(57)52-28(34-54-27(21(15-73-34)13-67-42(48)65)37(61)69-19-71-39(63)45(3,4)5)33(59)55-44-51-26(18-76-44)24(12-10-2)32(58)53-29-35(60)56-30(22(14-68-43(49)66)16-74-36(29)56)38(62)70-20-72-40(64)46(6,7)8/h11-12,17-18,28-29,34,36,54H,9-10,13-16,19-20H2,1-8H3,(H2,47,50)(H2,48,65)(H2,49,66)(H,52,57)(H,53,58)(H,51,55,59)/b23-11-,24-12-/t28?,29-,34-,36-/m1/s1. The van der Waals surface area contributed by atoms with Crippen molar-refractivity contribution in [3.05, 3.63) is 56.8 Å². The first-order valence-corrected chi connectivity index (χ1v) is 26.9. The maximum absolute atomic E-state index is 14.5. The van der Waals surface area contributed by atoms with Crippen LogP contribution in [0.15, 0.2) is 45.5 Å². The van der Waals surface area contributed by atoms with Crippen molar-refractivity contribution in [2.75, 3.05) is 49.4 Å². The molecule has 6 amide bonds. The van der Waals surface area contributed by atoms with Crippen molar-refractivity contribution >= 4 is 127 Å². The minimum Gasteiger partial charge on any atom is -0.445 e. The molecular weight excluding hydrogens is 1080 g/mol. The molecule has 10 N–H and O–H groups in total. The number of thioether (sulfide) groups is 2. The molecule has 0 bridgehead atoms. The van der Waals surface area contributed by atoms with Crippen LogP contribution in [0.2, 0.25) is 0 Å². The molecule has 4 atom stereocenters. The number of anilines is 2. The number of hydrogen-bond donors (Lipinski definition) is 7. The topological polar surface area (TPSA) is 381 Å². The number of thiazole rings is 2. The average molecular weight is 1140 g/mol. The number of fused-ring (bicyclic) bond motifs is 1. The Morgan fingerprint density at radius 3 is 1.84 bits per heavy atom. The van der Waals surface area contributed by atoms with Gasteiger partial charge in [0.25, 0.3) is 23.6 Å². The highest BCUT2D eigenvalue weighted by Gasteiger charge is 2.55. The summed E-state index contributed by atoms with van der Waals surface area (Å²) in [6, 6.07) is -2.71. The van der Waals surface area contributed by atoms with E-state index in [0.29, 0.717) is 12.8 Å². The molecule has 1 saturated heterocycles. The number of β-lactam (4-membered cyclic amide) rings is 1. The lowest BCUT2D eigenvalue weighted by Crippen LogP contribution is -2.70. The van der Waals surface area contributed by atoms with E-state index >= 15 is 0 Å². The van der Waals surface area contributed by atoms with E-state index in [1.807, 2.05) is 0 Å². The van der Waals surface area contributed by atoms with Crippen molar-refractivity contribution in [2.24, 2.45) is 22.3 Å². The van der Waals surface area contributed by atoms with Gasteiger partial charge in [-0.25, -0.2) is 29.1 Å². The zero-order valence-electron chi connectivity index (χ0n) is 42.5. The van der Waals surface area contributed by atoms with Gasteiger partial charge >= 0.3 is 36.1 Å². The molecule has 2 aromatic heterocycles. The molecule has 0 aromatic carbocycles. The number of nitrogens with zero attached hydrogens (tertiary/aromatic N) is 3. The van der Waals surface area contributed by atoms with E-state index in [-0.39, 0.29) is 66.8 Å². The second-order valence-electron chi connectivity index (χ2n) is 18.4. The Bertz CT molecular complexity index is 2760. The third-order valence-electron chi connectivity index (χ3n) is 10.6. The summed E-state index contributed by atoms with van der Waals surface area (Å²) in [6.45, 7) is 10.6. The zero-order valence-corrected chi connectivity index (χ0v) is 45.8. The molecule has 412 valence electrons. The summed E-state index contributed by atoms with van der Waals surface area (Å²) < 4.78 is 30.5. The first-order valence-electron chi connectivity index (χ1n) is 23.1. The van der Waals surface area contributed by atoms with Crippen molar-refractivity contribution in [2.45, 2.75) is 91.1 Å². The van der Waals surface area contributed by atoms with Gasteiger partial charge in [0.2, 0.25) is 13.6 Å². The zero-order chi connectivity index (χ0) is 56.2. The van der Waals surface area contributed by atoms with E-state index in [9.17, 15) is 47.9 Å². The lowest BCUT2D eigenvalue weighted by molar-refractivity contribution is -0.174. The molecule has 0 saturated carbocycles. The fraction of sp³-hybridized carbons (Fsp3) is 0.478. The van der Waals surface area contributed by atoms with Crippen molar-refractivity contribution in [3.8, 4) is 0 Å². The van der Waals surface area contributed by atoms with Crippen LogP contribution in [-0.2, 0) is 66.8 Å². The monoisotopic (exact) mass is 1130 g/mol. The minimum atomic E-state index is -1.53. The average Bonchev–Trinajstić information content (AvgIpc) is 4.01. The van der Waals surface area contributed by atoms with Gasteiger partial charge in [-0.2, -0.15) is 0 Å². The van der Waals surface area contributed by atoms with E-state index in [4.69, 9.17) is 45.6 Å². The number of carbonyl (C=O) groups is 10. The number of hydrogen-bond acceptors (Lipinski definition) is 24. The summed E-state index contributed by atoms with van der Waals surface area (Å²) >= 11 is 4.19. The maximum Gasteiger partial charge on any atom is 0.404 e. The summed E-state index contributed by atoms with van der Waals surface area (Å²) in [7, 11) is 0. The Kier molecular flexibility index (Phi) is 20.5. The normalized spacial score (nSPS) is 18.2. The molecule has 3 aliphatic heterocycles. The second kappa shape index (κ2) is 26.0. The highest BCUT2D eigenvalue weighted by atomic mass is 32.2. The molecule has 76 heavy (non-hydrogen) atoms. The number of amides is 6. The predicted octanol–water partition coefficient (Wildman–Crippen LogP) is 2.83. The SMILES string of the molecule is CC/C=C(\C(=O)NC(C(=O)Nc1nc(/C(=C/CC)C(=O)N[C@@H]2C(=O)N3C(C(=O)OCOC(=O)C(C)(C)C)=C(COC(N)=O)CS[C@H]23)cs1)[C@@H]1NC(C(=O)OCOC(=O)C(C)(C)C)=C(COC(N)=O)CS1)c1csc(N)n1. The lowest BCUT2D eigenvalue weighted by Gasteiger charge is -2.49. The molecule has 2 aromatic rings. The van der Waals surface area contributed by atoms with Crippen LogP contribution in [-0.4, -0.2) is 136 Å². The molecule has 26 nitrogen and oxygen atoms in total. The Labute approximate surface area is 452 Å². The van der Waals surface area contributed by atoms with Crippen molar-refractivity contribution < 1.29 is 76.4 Å². The van der Waals surface area contributed by atoms with Gasteiger partial charge in [-0.1, -0.05) is 26.0 Å². The second-order valence-corrected chi connectivity index (χ2v) is 22.4. The Morgan fingerprint density at radius 1 is 0.750 bits per heavy atom.